The van der Waals surface area contributed by atoms with Crippen molar-refractivity contribution in [3.8, 4) is 0 Å². The predicted molar refractivity (Wildman–Crippen MR) is 61.6 cm³/mol. The molecule has 0 aromatic heterocycles. The van der Waals surface area contributed by atoms with Gasteiger partial charge in [-0.3, -0.25) is 0 Å². The third-order valence-electron chi connectivity index (χ3n) is 1.58. The first-order chi connectivity index (χ1) is 5.72. The Bertz CT molecular complexity index is 293. The van der Waals surface area contributed by atoms with Gasteiger partial charge < -0.3 is 11.5 Å². The van der Waals surface area contributed by atoms with Crippen molar-refractivity contribution in [1.82, 2.24) is 0 Å². The lowest BCUT2D eigenvalue weighted by molar-refractivity contribution is 1.14. The van der Waals surface area contributed by atoms with Crippen molar-refractivity contribution in [1.29, 1.82) is 0 Å². The van der Waals surface area contributed by atoms with Crippen LogP contribution in [0.4, 0.5) is 5.69 Å². The van der Waals surface area contributed by atoms with Gasteiger partial charge in [0.05, 0.1) is 5.69 Å². The Morgan fingerprint density at radius 3 is 2.62 bits per heavy atom. The van der Waals surface area contributed by atoms with Crippen molar-refractivity contribution in [2.45, 2.75) is 13.3 Å². The summed E-state index contributed by atoms with van der Waals surface area (Å²) in [6, 6.07) is 7.84. The van der Waals surface area contributed by atoms with Gasteiger partial charge >= 0.3 is 0 Å². The standard InChI is InChI=1S/C9H13N3.BrH/c1-2-7-4-3-5-8(6-7)12-9(10)11;/h3-6H,2H2,1H3,(H4,10,11,12);1H. The van der Waals surface area contributed by atoms with E-state index in [9.17, 15) is 0 Å². The molecule has 0 heterocycles. The lowest BCUT2D eigenvalue weighted by Crippen LogP contribution is -2.21. The molecule has 13 heavy (non-hydrogen) atoms. The smallest absolute Gasteiger partial charge is 0.191 e. The zero-order valence-corrected chi connectivity index (χ0v) is 9.24. The molecular formula is C9H14BrN3. The van der Waals surface area contributed by atoms with Crippen LogP contribution in [0.2, 0.25) is 0 Å². The first-order valence-electron chi connectivity index (χ1n) is 3.91. The van der Waals surface area contributed by atoms with Gasteiger partial charge in [0, 0.05) is 0 Å². The normalized spacial score (nSPS) is 8.69. The molecule has 1 aromatic carbocycles. The number of aryl methyl sites for hydroxylation is 1. The van der Waals surface area contributed by atoms with Crippen LogP contribution in [0.25, 0.3) is 0 Å². The van der Waals surface area contributed by atoms with Crippen LogP contribution in [0, 0.1) is 0 Å². The summed E-state index contributed by atoms with van der Waals surface area (Å²) >= 11 is 0. The van der Waals surface area contributed by atoms with Gasteiger partial charge in [0.1, 0.15) is 0 Å². The highest BCUT2D eigenvalue weighted by molar-refractivity contribution is 8.93. The summed E-state index contributed by atoms with van der Waals surface area (Å²) in [4.78, 5) is 3.94. The van der Waals surface area contributed by atoms with E-state index in [1.165, 1.54) is 5.56 Å². The fraction of sp³-hybridized carbons (Fsp3) is 0.222. The average Bonchev–Trinajstić information content (AvgIpc) is 2.03. The summed E-state index contributed by atoms with van der Waals surface area (Å²) in [7, 11) is 0. The fourth-order valence-corrected chi connectivity index (χ4v) is 0.995. The van der Waals surface area contributed by atoms with Gasteiger partial charge in [0.15, 0.2) is 5.96 Å². The molecule has 0 atom stereocenters. The Morgan fingerprint density at radius 1 is 1.38 bits per heavy atom. The molecule has 0 bridgehead atoms. The number of nitrogens with zero attached hydrogens (tertiary/aromatic N) is 1. The minimum Gasteiger partial charge on any atom is -0.370 e. The van der Waals surface area contributed by atoms with E-state index in [4.69, 9.17) is 11.5 Å². The summed E-state index contributed by atoms with van der Waals surface area (Å²) in [5, 5.41) is 0. The molecule has 0 aliphatic rings. The topological polar surface area (TPSA) is 64.4 Å². The number of benzene rings is 1. The maximum absolute atomic E-state index is 5.24. The van der Waals surface area contributed by atoms with Crippen molar-refractivity contribution in [3.63, 3.8) is 0 Å². The van der Waals surface area contributed by atoms with E-state index in [2.05, 4.69) is 11.9 Å². The second kappa shape index (κ2) is 5.59. The van der Waals surface area contributed by atoms with Crippen LogP contribution in [0.5, 0.6) is 0 Å². The van der Waals surface area contributed by atoms with Gasteiger partial charge in [0.2, 0.25) is 0 Å². The van der Waals surface area contributed by atoms with E-state index in [1.807, 2.05) is 24.3 Å². The number of halogens is 1. The Kier molecular flexibility index (Phi) is 5.14. The lowest BCUT2D eigenvalue weighted by Gasteiger charge is -1.98. The Hall–Kier alpha value is -1.03. The number of nitrogens with two attached hydrogens (primary N) is 2. The third kappa shape index (κ3) is 3.94. The highest BCUT2D eigenvalue weighted by Gasteiger charge is 1.91. The highest BCUT2D eigenvalue weighted by atomic mass is 79.9. The molecule has 0 spiro atoms. The second-order valence-corrected chi connectivity index (χ2v) is 2.56. The maximum Gasteiger partial charge on any atom is 0.191 e. The maximum atomic E-state index is 5.24. The van der Waals surface area contributed by atoms with Gasteiger partial charge in [0.25, 0.3) is 0 Å². The molecule has 0 radical (unpaired) electrons. The zero-order chi connectivity index (χ0) is 8.97. The molecule has 4 heteroatoms. The van der Waals surface area contributed by atoms with Crippen LogP contribution in [0.3, 0.4) is 0 Å². The van der Waals surface area contributed by atoms with Crippen molar-refractivity contribution < 1.29 is 0 Å². The lowest BCUT2D eigenvalue weighted by atomic mass is 10.1. The molecule has 0 fully saturated rings. The van der Waals surface area contributed by atoms with Gasteiger partial charge in [-0.2, -0.15) is 0 Å². The largest absolute Gasteiger partial charge is 0.370 e. The number of hydrogen-bond acceptors (Lipinski definition) is 1. The molecule has 0 saturated carbocycles. The predicted octanol–water partition coefficient (Wildman–Crippen LogP) is 1.73. The first kappa shape index (κ1) is 12.0. The molecule has 4 N–H and O–H groups in total. The third-order valence-corrected chi connectivity index (χ3v) is 1.58. The van der Waals surface area contributed by atoms with E-state index in [1.54, 1.807) is 0 Å². The molecule has 0 amide bonds. The number of rotatable bonds is 2. The minimum atomic E-state index is 0. The van der Waals surface area contributed by atoms with Crippen molar-refractivity contribution >= 4 is 28.6 Å². The molecular weight excluding hydrogens is 230 g/mol. The van der Waals surface area contributed by atoms with E-state index < -0.39 is 0 Å². The van der Waals surface area contributed by atoms with Crippen LogP contribution >= 0.6 is 17.0 Å². The second-order valence-electron chi connectivity index (χ2n) is 2.56. The number of aliphatic imine (C=N–C) groups is 1. The molecule has 0 unspecified atom stereocenters. The number of guanidine groups is 1. The Morgan fingerprint density at radius 2 is 2.08 bits per heavy atom. The molecule has 72 valence electrons. The summed E-state index contributed by atoms with van der Waals surface area (Å²) in [5.74, 6) is 0.100. The van der Waals surface area contributed by atoms with Crippen molar-refractivity contribution in [2.75, 3.05) is 0 Å². The van der Waals surface area contributed by atoms with E-state index in [0.717, 1.165) is 12.1 Å². The van der Waals surface area contributed by atoms with Gasteiger partial charge in [-0.05, 0) is 24.1 Å². The number of hydrogen-bond donors (Lipinski definition) is 2. The van der Waals surface area contributed by atoms with E-state index in [0.29, 0.717) is 0 Å². The molecule has 0 saturated heterocycles. The van der Waals surface area contributed by atoms with Crippen molar-refractivity contribution in [3.05, 3.63) is 29.8 Å². The molecule has 1 aromatic rings. The van der Waals surface area contributed by atoms with E-state index in [-0.39, 0.29) is 22.9 Å². The summed E-state index contributed by atoms with van der Waals surface area (Å²) < 4.78 is 0. The molecule has 0 aliphatic heterocycles. The molecule has 3 nitrogen and oxygen atoms in total. The van der Waals surface area contributed by atoms with Gasteiger partial charge in [-0.15, -0.1) is 17.0 Å². The van der Waals surface area contributed by atoms with Crippen molar-refractivity contribution in [2.24, 2.45) is 16.5 Å². The monoisotopic (exact) mass is 243 g/mol. The van der Waals surface area contributed by atoms with Crippen LogP contribution in [0.1, 0.15) is 12.5 Å². The van der Waals surface area contributed by atoms with Crippen LogP contribution in [-0.4, -0.2) is 5.96 Å². The van der Waals surface area contributed by atoms with Crippen LogP contribution in [-0.2, 0) is 6.42 Å². The van der Waals surface area contributed by atoms with Gasteiger partial charge in [-0.1, -0.05) is 19.1 Å². The Labute approximate surface area is 88.6 Å². The summed E-state index contributed by atoms with van der Waals surface area (Å²) in [6.07, 6.45) is 0.994. The van der Waals surface area contributed by atoms with Gasteiger partial charge in [-0.25, -0.2) is 4.99 Å². The molecule has 1 rings (SSSR count). The highest BCUT2D eigenvalue weighted by Crippen LogP contribution is 2.13. The average molecular weight is 244 g/mol. The fourth-order valence-electron chi connectivity index (χ4n) is 0.995. The van der Waals surface area contributed by atoms with Crippen LogP contribution in [0.15, 0.2) is 29.3 Å². The SMILES string of the molecule is Br.CCc1cccc(N=C(N)N)c1. The first-order valence-corrected chi connectivity index (χ1v) is 3.91. The minimum absolute atomic E-state index is 0. The summed E-state index contributed by atoms with van der Waals surface area (Å²) in [5.41, 5.74) is 12.5. The van der Waals surface area contributed by atoms with E-state index >= 15 is 0 Å². The quantitative estimate of drug-likeness (QED) is 0.614. The Balaban J connectivity index is 0.00000144. The van der Waals surface area contributed by atoms with Crippen LogP contribution < -0.4 is 11.5 Å². The zero-order valence-electron chi connectivity index (χ0n) is 7.53. The molecule has 0 aliphatic carbocycles. The summed E-state index contributed by atoms with van der Waals surface area (Å²) in [6.45, 7) is 2.09.